The minimum absolute atomic E-state index is 0.636. The Morgan fingerprint density at radius 2 is 1.90 bits per heavy atom. The Hall–Kier alpha value is -3.78. The van der Waals surface area contributed by atoms with Crippen LogP contribution in [0.25, 0.3) is 11.0 Å². The molecule has 1 aliphatic heterocycles. The fourth-order valence-electron chi connectivity index (χ4n) is 3.60. The van der Waals surface area contributed by atoms with Gasteiger partial charge in [0.15, 0.2) is 5.66 Å². The molecule has 1 unspecified atom stereocenters. The first-order valence-electron chi connectivity index (χ1n) is 9.15. The van der Waals surface area contributed by atoms with Crippen molar-refractivity contribution in [3.8, 4) is 11.5 Å². The van der Waals surface area contributed by atoms with Crippen LogP contribution in [-0.2, 0) is 12.7 Å². The minimum atomic E-state index is -1.02. The van der Waals surface area contributed by atoms with Gasteiger partial charge in [0.2, 0.25) is 0 Å². The van der Waals surface area contributed by atoms with Gasteiger partial charge in [-0.3, -0.25) is 10.7 Å². The van der Waals surface area contributed by atoms with Crippen LogP contribution < -0.4 is 10.5 Å². The van der Waals surface area contributed by atoms with Crippen molar-refractivity contribution in [1.82, 2.24) is 24.9 Å². The zero-order valence-electron chi connectivity index (χ0n) is 16.0. The number of ether oxygens (including phenoxy) is 1. The molecule has 2 aromatic heterocycles. The first-order valence-corrected chi connectivity index (χ1v) is 9.15. The third-order valence-electron chi connectivity index (χ3n) is 5.18. The summed E-state index contributed by atoms with van der Waals surface area (Å²) in [6, 6.07) is 17.1. The van der Waals surface area contributed by atoms with Crippen LogP contribution in [0.1, 0.15) is 11.3 Å². The number of aromatic nitrogens is 4. The molecule has 0 radical (unpaired) electrons. The van der Waals surface area contributed by atoms with Gasteiger partial charge in [0, 0.05) is 31.9 Å². The average Bonchev–Trinajstić information content (AvgIpc) is 3.11. The molecule has 1 aliphatic rings. The van der Waals surface area contributed by atoms with Crippen molar-refractivity contribution < 1.29 is 4.74 Å². The molecule has 3 heterocycles. The second kappa shape index (κ2) is 6.39. The number of hydrogen-bond acceptors (Lipinski definition) is 7. The lowest BCUT2D eigenvalue weighted by atomic mass is 9.92. The number of rotatable bonds is 3. The number of aliphatic imine (C=N–C) groups is 1. The minimum Gasteiger partial charge on any atom is -0.457 e. The van der Waals surface area contributed by atoms with Crippen molar-refractivity contribution >= 4 is 23.1 Å². The third kappa shape index (κ3) is 2.65. The van der Waals surface area contributed by atoms with Crippen LogP contribution in [0.3, 0.4) is 0 Å². The van der Waals surface area contributed by atoms with Gasteiger partial charge in [-0.2, -0.15) is 0 Å². The molecule has 0 bridgehead atoms. The summed E-state index contributed by atoms with van der Waals surface area (Å²) < 4.78 is 7.98. The highest BCUT2D eigenvalue weighted by Gasteiger charge is 2.41. The van der Waals surface area contributed by atoms with Gasteiger partial charge in [0.05, 0.1) is 17.5 Å². The molecule has 144 valence electrons. The molecule has 5 rings (SSSR count). The SMILES string of the molecule is CN1C=Nc2cccnc2C1(N)c1ccccc1Oc1ccc2c(c1)nnn2C. The number of aryl methyl sites for hydroxylation is 1. The van der Waals surface area contributed by atoms with Crippen molar-refractivity contribution in [1.29, 1.82) is 0 Å². The van der Waals surface area contributed by atoms with Crippen LogP contribution in [0, 0.1) is 0 Å². The molecule has 29 heavy (non-hydrogen) atoms. The van der Waals surface area contributed by atoms with Gasteiger partial charge in [-0.1, -0.05) is 23.4 Å². The van der Waals surface area contributed by atoms with Gasteiger partial charge in [-0.05, 0) is 30.3 Å². The number of para-hydroxylation sites is 1. The summed E-state index contributed by atoms with van der Waals surface area (Å²) >= 11 is 0. The summed E-state index contributed by atoms with van der Waals surface area (Å²) in [4.78, 5) is 10.8. The molecule has 8 nitrogen and oxygen atoms in total. The van der Waals surface area contributed by atoms with Crippen LogP contribution in [0.4, 0.5) is 5.69 Å². The predicted molar refractivity (Wildman–Crippen MR) is 110 cm³/mol. The van der Waals surface area contributed by atoms with Crippen LogP contribution in [-0.4, -0.2) is 38.3 Å². The summed E-state index contributed by atoms with van der Waals surface area (Å²) in [5, 5.41) is 8.20. The Morgan fingerprint density at radius 3 is 2.79 bits per heavy atom. The van der Waals surface area contributed by atoms with Crippen molar-refractivity contribution in [2.75, 3.05) is 7.05 Å². The maximum Gasteiger partial charge on any atom is 0.165 e. The number of benzene rings is 2. The smallest absolute Gasteiger partial charge is 0.165 e. The molecule has 0 amide bonds. The van der Waals surface area contributed by atoms with E-state index in [1.807, 2.05) is 73.6 Å². The van der Waals surface area contributed by atoms with Crippen LogP contribution in [0.15, 0.2) is 65.8 Å². The fraction of sp³-hybridized carbons (Fsp3) is 0.143. The highest BCUT2D eigenvalue weighted by Crippen LogP contribution is 2.41. The summed E-state index contributed by atoms with van der Waals surface area (Å²) in [7, 11) is 3.73. The van der Waals surface area contributed by atoms with Crippen LogP contribution >= 0.6 is 0 Å². The van der Waals surface area contributed by atoms with Crippen LogP contribution in [0.5, 0.6) is 11.5 Å². The maximum atomic E-state index is 6.95. The Labute approximate surface area is 167 Å². The van der Waals surface area contributed by atoms with Gasteiger partial charge < -0.3 is 9.64 Å². The zero-order valence-corrected chi connectivity index (χ0v) is 16.0. The van der Waals surface area contributed by atoms with Crippen molar-refractivity contribution in [3.05, 3.63) is 72.1 Å². The Bertz CT molecular complexity index is 1250. The van der Waals surface area contributed by atoms with E-state index in [1.54, 1.807) is 17.2 Å². The van der Waals surface area contributed by atoms with Crippen molar-refractivity contribution in [2.24, 2.45) is 17.8 Å². The molecule has 0 spiro atoms. The highest BCUT2D eigenvalue weighted by molar-refractivity contribution is 5.76. The second-order valence-electron chi connectivity index (χ2n) is 6.95. The first-order chi connectivity index (χ1) is 14.1. The van der Waals surface area contributed by atoms with E-state index < -0.39 is 5.66 Å². The van der Waals surface area contributed by atoms with Gasteiger partial charge in [-0.15, -0.1) is 5.10 Å². The molecule has 0 aliphatic carbocycles. The molecule has 1 atom stereocenters. The van der Waals surface area contributed by atoms with E-state index in [0.29, 0.717) is 17.2 Å². The molecule has 0 saturated heterocycles. The standard InChI is InChI=1S/C21H19N7O/c1-27-13-24-16-7-5-11-23-20(16)21(27,22)15-6-3-4-8-19(15)29-14-9-10-18-17(12-14)25-26-28(18)2/h3-13H,22H2,1-2H3. The topological polar surface area (TPSA) is 94.5 Å². The number of fused-ring (bicyclic) bond motifs is 2. The Kier molecular flexibility index (Phi) is 3.82. The third-order valence-corrected chi connectivity index (χ3v) is 5.18. The monoisotopic (exact) mass is 385 g/mol. The number of pyridine rings is 1. The normalized spacial score (nSPS) is 18.1. The molecule has 8 heteroatoms. The van der Waals surface area contributed by atoms with E-state index in [-0.39, 0.29) is 0 Å². The average molecular weight is 385 g/mol. The van der Waals surface area contributed by atoms with Gasteiger partial charge in [-0.25, -0.2) is 9.67 Å². The van der Waals surface area contributed by atoms with E-state index in [2.05, 4.69) is 20.3 Å². The van der Waals surface area contributed by atoms with E-state index in [4.69, 9.17) is 10.5 Å². The number of nitrogens with two attached hydrogens (primary N) is 1. The quantitative estimate of drug-likeness (QED) is 0.583. The van der Waals surface area contributed by atoms with Crippen molar-refractivity contribution in [2.45, 2.75) is 5.66 Å². The highest BCUT2D eigenvalue weighted by atomic mass is 16.5. The first kappa shape index (κ1) is 17.3. The maximum absolute atomic E-state index is 6.95. The van der Waals surface area contributed by atoms with E-state index in [0.717, 1.165) is 22.3 Å². The molecule has 0 fully saturated rings. The van der Waals surface area contributed by atoms with Gasteiger partial charge >= 0.3 is 0 Å². The summed E-state index contributed by atoms with van der Waals surface area (Å²) in [5.41, 5.74) is 9.82. The second-order valence-corrected chi connectivity index (χ2v) is 6.95. The number of nitrogens with zero attached hydrogens (tertiary/aromatic N) is 6. The van der Waals surface area contributed by atoms with Gasteiger partial charge in [0.1, 0.15) is 22.7 Å². The van der Waals surface area contributed by atoms with Crippen molar-refractivity contribution in [3.63, 3.8) is 0 Å². The van der Waals surface area contributed by atoms with Gasteiger partial charge in [0.25, 0.3) is 0 Å². The Balaban J connectivity index is 1.61. The largest absolute Gasteiger partial charge is 0.457 e. The molecule has 4 aromatic rings. The molecular formula is C21H19N7O. The number of hydrogen-bond donors (Lipinski definition) is 1. The predicted octanol–water partition coefficient (Wildman–Crippen LogP) is 2.92. The summed E-state index contributed by atoms with van der Waals surface area (Å²) in [6.45, 7) is 0. The lowest BCUT2D eigenvalue weighted by Gasteiger charge is -2.40. The lowest BCUT2D eigenvalue weighted by molar-refractivity contribution is 0.259. The van der Waals surface area contributed by atoms with E-state index in [1.165, 1.54) is 0 Å². The molecular weight excluding hydrogens is 366 g/mol. The van der Waals surface area contributed by atoms with Crippen LogP contribution in [0.2, 0.25) is 0 Å². The van der Waals surface area contributed by atoms with E-state index >= 15 is 0 Å². The lowest BCUT2D eigenvalue weighted by Crippen LogP contribution is -2.53. The van der Waals surface area contributed by atoms with E-state index in [9.17, 15) is 0 Å². The summed E-state index contributed by atoms with van der Waals surface area (Å²) in [5.74, 6) is 1.29. The zero-order chi connectivity index (χ0) is 20.0. The molecule has 0 saturated carbocycles. The molecule has 2 aromatic carbocycles. The molecule has 2 N–H and O–H groups in total. The Morgan fingerprint density at radius 1 is 1.03 bits per heavy atom. The summed E-state index contributed by atoms with van der Waals surface area (Å²) in [6.07, 6.45) is 3.44. The fourth-order valence-corrected chi connectivity index (χ4v) is 3.60.